The van der Waals surface area contributed by atoms with Crippen LogP contribution in [0.2, 0.25) is 0 Å². The summed E-state index contributed by atoms with van der Waals surface area (Å²) in [6.07, 6.45) is 4.05. The first-order valence-electron chi connectivity index (χ1n) is 8.18. The van der Waals surface area contributed by atoms with Gasteiger partial charge in [-0.15, -0.1) is 0 Å². The van der Waals surface area contributed by atoms with E-state index in [2.05, 4.69) is 31.1 Å². The lowest BCUT2D eigenvalue weighted by molar-refractivity contribution is 0.905. The molecule has 0 saturated carbocycles. The van der Waals surface area contributed by atoms with E-state index in [4.69, 9.17) is 0 Å². The summed E-state index contributed by atoms with van der Waals surface area (Å²) in [4.78, 5) is 12.3. The van der Waals surface area contributed by atoms with E-state index in [9.17, 15) is 4.79 Å². The second-order valence-electron chi connectivity index (χ2n) is 6.25. The maximum atomic E-state index is 12.3. The Morgan fingerprint density at radius 3 is 2.68 bits per heavy atom. The smallest absolute Gasteiger partial charge is 0.252 e. The van der Waals surface area contributed by atoms with Crippen molar-refractivity contribution in [3.05, 3.63) is 88.4 Å². The average Bonchev–Trinajstić information content (AvgIpc) is 2.62. The molecule has 2 aromatic carbocycles. The van der Waals surface area contributed by atoms with Gasteiger partial charge in [-0.1, -0.05) is 43.0 Å². The largest absolute Gasteiger partial charge is 0.311 e. The highest BCUT2D eigenvalue weighted by Crippen LogP contribution is 2.33. The SMILES string of the molecule is C=C1C=Cc2c(C)cccc2N1Nc1cc(=O)n(C)c2ccccc12. The van der Waals surface area contributed by atoms with E-state index >= 15 is 0 Å². The Balaban J connectivity index is 1.87. The molecule has 124 valence electrons. The molecule has 1 aliphatic heterocycles. The van der Waals surface area contributed by atoms with Crippen LogP contribution in [0, 0.1) is 6.92 Å². The minimum Gasteiger partial charge on any atom is -0.311 e. The summed E-state index contributed by atoms with van der Waals surface area (Å²) in [6.45, 7) is 6.22. The van der Waals surface area contributed by atoms with Gasteiger partial charge in [0, 0.05) is 24.1 Å². The lowest BCUT2D eigenvalue weighted by Gasteiger charge is -2.32. The van der Waals surface area contributed by atoms with E-state index in [1.54, 1.807) is 17.7 Å². The first-order valence-corrected chi connectivity index (χ1v) is 8.18. The number of hydrogen-bond acceptors (Lipinski definition) is 3. The third-order valence-electron chi connectivity index (χ3n) is 4.66. The zero-order chi connectivity index (χ0) is 17.6. The molecule has 0 spiro atoms. The molecule has 0 bridgehead atoms. The van der Waals surface area contributed by atoms with E-state index < -0.39 is 0 Å². The van der Waals surface area contributed by atoms with Crippen LogP contribution in [0.5, 0.6) is 0 Å². The first-order chi connectivity index (χ1) is 12.1. The summed E-state index contributed by atoms with van der Waals surface area (Å²) in [5.74, 6) is 0. The second-order valence-corrected chi connectivity index (χ2v) is 6.25. The van der Waals surface area contributed by atoms with Crippen LogP contribution in [0.15, 0.2) is 71.7 Å². The van der Waals surface area contributed by atoms with Crippen LogP contribution in [0.3, 0.4) is 0 Å². The highest BCUT2D eigenvalue weighted by molar-refractivity contribution is 5.93. The molecule has 4 rings (SSSR count). The van der Waals surface area contributed by atoms with Crippen LogP contribution < -0.4 is 16.0 Å². The molecule has 0 atom stereocenters. The number of nitrogens with zero attached hydrogens (tertiary/aromatic N) is 2. The number of aryl methyl sites for hydroxylation is 2. The van der Waals surface area contributed by atoms with Gasteiger partial charge in [0.25, 0.3) is 5.56 Å². The van der Waals surface area contributed by atoms with Crippen LogP contribution in [0.1, 0.15) is 11.1 Å². The highest BCUT2D eigenvalue weighted by Gasteiger charge is 2.18. The lowest BCUT2D eigenvalue weighted by Crippen LogP contribution is -2.31. The van der Waals surface area contributed by atoms with Gasteiger partial charge in [0.1, 0.15) is 0 Å². The average molecular weight is 329 g/mol. The monoisotopic (exact) mass is 329 g/mol. The normalized spacial score (nSPS) is 13.2. The Kier molecular flexibility index (Phi) is 3.46. The van der Waals surface area contributed by atoms with Gasteiger partial charge in [-0.2, -0.15) is 0 Å². The molecular formula is C21H19N3O. The predicted molar refractivity (Wildman–Crippen MR) is 105 cm³/mol. The molecule has 0 fully saturated rings. The third-order valence-corrected chi connectivity index (χ3v) is 4.66. The molecule has 25 heavy (non-hydrogen) atoms. The van der Waals surface area contributed by atoms with Gasteiger partial charge in [0.2, 0.25) is 0 Å². The zero-order valence-corrected chi connectivity index (χ0v) is 14.3. The summed E-state index contributed by atoms with van der Waals surface area (Å²) in [5.41, 5.74) is 9.19. The number of benzene rings is 2. The van der Waals surface area contributed by atoms with Gasteiger partial charge in [0.15, 0.2) is 0 Å². The maximum absolute atomic E-state index is 12.3. The van der Waals surface area contributed by atoms with Crippen molar-refractivity contribution in [1.29, 1.82) is 0 Å². The number of allylic oxidation sites excluding steroid dienone is 1. The molecule has 0 amide bonds. The number of hydrogen-bond donors (Lipinski definition) is 1. The fraction of sp³-hybridized carbons (Fsp3) is 0.0952. The summed E-state index contributed by atoms with van der Waals surface area (Å²) in [6, 6.07) is 15.7. The van der Waals surface area contributed by atoms with E-state index in [1.165, 1.54) is 5.56 Å². The van der Waals surface area contributed by atoms with Gasteiger partial charge in [-0.25, -0.2) is 0 Å². The van der Waals surface area contributed by atoms with Crippen molar-refractivity contribution in [1.82, 2.24) is 4.57 Å². The van der Waals surface area contributed by atoms with Crippen LogP contribution in [-0.4, -0.2) is 4.57 Å². The van der Waals surface area contributed by atoms with Gasteiger partial charge >= 0.3 is 0 Å². The van der Waals surface area contributed by atoms with Crippen molar-refractivity contribution >= 4 is 28.4 Å². The van der Waals surface area contributed by atoms with Crippen molar-refractivity contribution in [2.75, 3.05) is 10.4 Å². The number of anilines is 2. The summed E-state index contributed by atoms with van der Waals surface area (Å²) in [7, 11) is 1.79. The molecule has 0 saturated heterocycles. The van der Waals surface area contributed by atoms with Crippen molar-refractivity contribution in [2.24, 2.45) is 7.05 Å². The third kappa shape index (κ3) is 2.43. The van der Waals surface area contributed by atoms with Crippen molar-refractivity contribution in [3.63, 3.8) is 0 Å². The van der Waals surface area contributed by atoms with Crippen molar-refractivity contribution in [2.45, 2.75) is 6.92 Å². The zero-order valence-electron chi connectivity index (χ0n) is 14.3. The standard InChI is InChI=1S/C21H19N3O/c1-14-7-6-10-20-16(14)12-11-15(2)24(20)22-18-13-21(25)23(3)19-9-5-4-8-17(18)19/h4-13,22H,2H2,1,3H3. The van der Waals surface area contributed by atoms with E-state index in [0.717, 1.165) is 33.5 Å². The molecular weight excluding hydrogens is 310 g/mol. The van der Waals surface area contributed by atoms with Crippen LogP contribution in [0.4, 0.5) is 11.4 Å². The molecule has 4 nitrogen and oxygen atoms in total. The molecule has 1 N–H and O–H groups in total. The fourth-order valence-corrected chi connectivity index (χ4v) is 3.24. The van der Waals surface area contributed by atoms with Crippen molar-refractivity contribution < 1.29 is 0 Å². The number of para-hydroxylation sites is 1. The quantitative estimate of drug-likeness (QED) is 0.765. The fourth-order valence-electron chi connectivity index (χ4n) is 3.24. The first kappa shape index (κ1) is 15.3. The Morgan fingerprint density at radius 1 is 1.04 bits per heavy atom. The number of nitrogens with one attached hydrogen (secondary N) is 1. The molecule has 4 heteroatoms. The molecule has 0 radical (unpaired) electrons. The van der Waals surface area contributed by atoms with Gasteiger partial charge in [0.05, 0.1) is 22.6 Å². The maximum Gasteiger partial charge on any atom is 0.252 e. The van der Waals surface area contributed by atoms with E-state index in [1.807, 2.05) is 47.5 Å². The molecule has 0 aliphatic carbocycles. The molecule has 1 aromatic heterocycles. The Labute approximate surface area is 146 Å². The second kappa shape index (κ2) is 5.67. The van der Waals surface area contributed by atoms with Gasteiger partial charge < -0.3 is 4.57 Å². The lowest BCUT2D eigenvalue weighted by atomic mass is 10.0. The van der Waals surface area contributed by atoms with E-state index in [0.29, 0.717) is 0 Å². The molecule has 0 unspecified atom stereocenters. The number of hydrazine groups is 1. The van der Waals surface area contributed by atoms with Gasteiger partial charge in [-0.3, -0.25) is 15.2 Å². The topological polar surface area (TPSA) is 37.3 Å². The summed E-state index contributed by atoms with van der Waals surface area (Å²) >= 11 is 0. The predicted octanol–water partition coefficient (Wildman–Crippen LogP) is 4.22. The summed E-state index contributed by atoms with van der Waals surface area (Å²) in [5, 5.41) is 2.92. The van der Waals surface area contributed by atoms with Crippen LogP contribution >= 0.6 is 0 Å². The number of fused-ring (bicyclic) bond motifs is 2. The molecule has 3 aromatic rings. The minimum absolute atomic E-state index is 0.0520. The Hall–Kier alpha value is -3.27. The molecule has 2 heterocycles. The van der Waals surface area contributed by atoms with Crippen molar-refractivity contribution in [3.8, 4) is 0 Å². The minimum atomic E-state index is -0.0520. The highest BCUT2D eigenvalue weighted by atomic mass is 16.1. The number of pyridine rings is 1. The number of rotatable bonds is 2. The van der Waals surface area contributed by atoms with Gasteiger partial charge in [-0.05, 0) is 30.7 Å². The summed E-state index contributed by atoms with van der Waals surface area (Å²) < 4.78 is 1.66. The van der Waals surface area contributed by atoms with Crippen LogP contribution in [0.25, 0.3) is 17.0 Å². The Bertz CT molecular complexity index is 1090. The van der Waals surface area contributed by atoms with Crippen LogP contribution in [-0.2, 0) is 7.05 Å². The Morgan fingerprint density at radius 2 is 1.84 bits per heavy atom. The molecule has 1 aliphatic rings. The van der Waals surface area contributed by atoms with E-state index in [-0.39, 0.29) is 5.56 Å². The number of aromatic nitrogens is 1.